The molecule has 12 nitrogen and oxygen atoms in total. The maximum atomic E-state index is 13.8. The van der Waals surface area contributed by atoms with Gasteiger partial charge in [-0.1, -0.05) is 84.9 Å². The van der Waals surface area contributed by atoms with Gasteiger partial charge in [-0.05, 0) is 76.1 Å². The smallest absolute Gasteiger partial charge is 0.338 e. The van der Waals surface area contributed by atoms with Crippen molar-refractivity contribution >= 4 is 29.8 Å². The number of rotatable bonds is 15. The average molecular weight is 807 g/mol. The summed E-state index contributed by atoms with van der Waals surface area (Å²) < 4.78 is 30.8. The monoisotopic (exact) mass is 806 g/mol. The molecule has 0 radical (unpaired) electrons. The minimum absolute atomic E-state index is 0.00346. The van der Waals surface area contributed by atoms with Gasteiger partial charge in [-0.25, -0.2) is 4.79 Å². The molecule has 2 aliphatic carbocycles. The van der Waals surface area contributed by atoms with Gasteiger partial charge in [0.1, 0.15) is 23.9 Å². The lowest BCUT2D eigenvalue weighted by molar-refractivity contribution is -0.157. The average Bonchev–Trinajstić information content (AvgIpc) is 3.90. The number of hydrogen-bond acceptors (Lipinski definition) is 10. The second kappa shape index (κ2) is 18.4. The van der Waals surface area contributed by atoms with E-state index in [1.54, 1.807) is 39.0 Å². The molecule has 3 aromatic carbocycles. The lowest BCUT2D eigenvalue weighted by Gasteiger charge is -2.31. The van der Waals surface area contributed by atoms with Gasteiger partial charge in [0.2, 0.25) is 17.6 Å². The van der Waals surface area contributed by atoms with E-state index in [0.29, 0.717) is 29.3 Å². The zero-order valence-electron chi connectivity index (χ0n) is 33.8. The van der Waals surface area contributed by atoms with Crippen LogP contribution in [0.5, 0.6) is 0 Å². The van der Waals surface area contributed by atoms with E-state index in [4.69, 9.17) is 23.7 Å². The lowest BCUT2D eigenvalue weighted by atomic mass is 9.89. The van der Waals surface area contributed by atoms with Crippen molar-refractivity contribution < 1.29 is 48.0 Å². The molecular formula is C47H54N2O10. The Labute approximate surface area is 345 Å². The SMILES string of the molecule is CC(C)(C)OC(=O)CC[C@@H](CO)NC(=O)CCNC(=O)C1=C[C@H]2OC(c3ccccc3)(c3ccccc3)O[C@H]2[C@H](OC(=O)c2ccc(C=CC3CCC4OC4C3)cc2)C1. The van der Waals surface area contributed by atoms with Gasteiger partial charge in [-0.15, -0.1) is 0 Å². The van der Waals surface area contributed by atoms with Crippen LogP contribution in [0.1, 0.15) is 92.8 Å². The van der Waals surface area contributed by atoms with Crippen molar-refractivity contribution in [2.45, 2.75) is 114 Å². The first-order valence-corrected chi connectivity index (χ1v) is 20.6. The summed E-state index contributed by atoms with van der Waals surface area (Å²) in [5.41, 5.74) is 2.50. The van der Waals surface area contributed by atoms with Crippen molar-refractivity contribution in [2.75, 3.05) is 13.2 Å². The number of nitrogens with one attached hydrogen (secondary N) is 2. The summed E-state index contributed by atoms with van der Waals surface area (Å²) in [5.74, 6) is -2.70. The predicted molar refractivity (Wildman–Crippen MR) is 219 cm³/mol. The highest BCUT2D eigenvalue weighted by Gasteiger charge is 2.55. The molecular weight excluding hydrogens is 753 g/mol. The molecule has 3 N–H and O–H groups in total. The molecule has 2 heterocycles. The molecule has 312 valence electrons. The molecule has 2 saturated heterocycles. The van der Waals surface area contributed by atoms with Crippen LogP contribution in [0.2, 0.25) is 0 Å². The van der Waals surface area contributed by atoms with Crippen LogP contribution in [-0.4, -0.2) is 84.2 Å². The zero-order chi connectivity index (χ0) is 41.6. The fraction of sp³-hybridized carbons (Fsp3) is 0.447. The fourth-order valence-electron chi connectivity index (χ4n) is 7.98. The molecule has 2 amide bonds. The van der Waals surface area contributed by atoms with E-state index in [1.807, 2.05) is 72.8 Å². The quantitative estimate of drug-likeness (QED) is 0.124. The number of carbonyl (C=O) groups excluding carboxylic acids is 4. The molecule has 12 heteroatoms. The van der Waals surface area contributed by atoms with Crippen molar-refractivity contribution in [1.82, 2.24) is 10.6 Å². The Bertz CT molecular complexity index is 1970. The highest BCUT2D eigenvalue weighted by Crippen LogP contribution is 2.47. The van der Waals surface area contributed by atoms with E-state index < -0.39 is 59.5 Å². The Morgan fingerprint density at radius 2 is 1.59 bits per heavy atom. The van der Waals surface area contributed by atoms with Gasteiger partial charge in [0, 0.05) is 42.5 Å². The molecule has 3 fully saturated rings. The third-order valence-electron chi connectivity index (χ3n) is 11.0. The van der Waals surface area contributed by atoms with E-state index in [9.17, 15) is 24.3 Å². The Balaban J connectivity index is 1.03. The molecule has 0 spiro atoms. The van der Waals surface area contributed by atoms with Crippen molar-refractivity contribution in [1.29, 1.82) is 0 Å². The van der Waals surface area contributed by atoms with Gasteiger partial charge in [0.15, 0.2) is 0 Å². The number of aliphatic hydroxyl groups excluding tert-OH is 1. The first-order chi connectivity index (χ1) is 28.4. The minimum atomic E-state index is -1.35. The Kier molecular flexibility index (Phi) is 13.1. The number of benzene rings is 3. The second-order valence-corrected chi connectivity index (χ2v) is 16.7. The van der Waals surface area contributed by atoms with Crippen LogP contribution in [0.15, 0.2) is 103 Å². The molecule has 0 bridgehead atoms. The van der Waals surface area contributed by atoms with Crippen molar-refractivity contribution in [3.63, 3.8) is 0 Å². The third kappa shape index (κ3) is 10.7. The number of fused-ring (bicyclic) bond motifs is 2. The van der Waals surface area contributed by atoms with Crippen LogP contribution < -0.4 is 10.6 Å². The van der Waals surface area contributed by atoms with E-state index in [1.165, 1.54) is 0 Å². The number of amides is 2. The third-order valence-corrected chi connectivity index (χ3v) is 11.0. The summed E-state index contributed by atoms with van der Waals surface area (Å²) in [4.78, 5) is 52.4. The van der Waals surface area contributed by atoms with Crippen LogP contribution in [0.4, 0.5) is 0 Å². The van der Waals surface area contributed by atoms with Gasteiger partial charge in [0.05, 0.1) is 30.4 Å². The zero-order valence-corrected chi connectivity index (χ0v) is 33.8. The summed E-state index contributed by atoms with van der Waals surface area (Å²) in [5, 5.41) is 15.3. The van der Waals surface area contributed by atoms with Gasteiger partial charge in [0.25, 0.3) is 0 Å². The number of allylic oxidation sites excluding steroid dienone is 1. The summed E-state index contributed by atoms with van der Waals surface area (Å²) in [6, 6.07) is 25.6. The normalized spacial score (nSPS) is 24.8. The lowest BCUT2D eigenvalue weighted by Crippen LogP contribution is -2.44. The van der Waals surface area contributed by atoms with Crippen LogP contribution in [0.3, 0.4) is 0 Å². The molecule has 3 aromatic rings. The Morgan fingerprint density at radius 3 is 2.24 bits per heavy atom. The van der Waals surface area contributed by atoms with Gasteiger partial charge < -0.3 is 39.4 Å². The number of aliphatic hydroxyl groups is 1. The Hall–Kier alpha value is -5.14. The maximum Gasteiger partial charge on any atom is 0.338 e. The summed E-state index contributed by atoms with van der Waals surface area (Å²) in [6.07, 6.45) is 7.90. The predicted octanol–water partition coefficient (Wildman–Crippen LogP) is 5.91. The molecule has 3 unspecified atom stereocenters. The van der Waals surface area contributed by atoms with Crippen molar-refractivity contribution in [3.8, 4) is 0 Å². The van der Waals surface area contributed by atoms with E-state index >= 15 is 0 Å². The first kappa shape index (κ1) is 42.0. The first-order valence-electron chi connectivity index (χ1n) is 20.6. The molecule has 7 atom stereocenters. The van der Waals surface area contributed by atoms with E-state index in [-0.39, 0.29) is 38.8 Å². The fourth-order valence-corrected chi connectivity index (χ4v) is 7.98. The molecule has 4 aliphatic rings. The molecule has 1 saturated carbocycles. The summed E-state index contributed by atoms with van der Waals surface area (Å²) in [6.45, 7) is 4.95. The van der Waals surface area contributed by atoms with Gasteiger partial charge in [-0.2, -0.15) is 0 Å². The van der Waals surface area contributed by atoms with Crippen LogP contribution in [0, 0.1) is 5.92 Å². The standard InChI is InChI=1S/C47H54N2O10/c1-46(2,3)58-42(52)23-21-36(29-50)49-41(51)24-25-48-44(53)33-27-39(56-45(54)32-19-16-30(17-20-32)14-15-31-18-22-37-38(26-31)55-37)43-40(28-33)57-47(59-43,34-10-6-4-7-11-34)35-12-8-5-9-13-35/h4-17,19-20,28,31,36-40,43,50H,18,21-27,29H2,1-3H3,(H,48,53)(H,49,51)/t31?,36-,37?,38?,39+,40+,43-/m0/s1. The van der Waals surface area contributed by atoms with Crippen molar-refractivity contribution in [3.05, 3.63) is 125 Å². The minimum Gasteiger partial charge on any atom is -0.460 e. The van der Waals surface area contributed by atoms with Gasteiger partial charge >= 0.3 is 11.9 Å². The molecule has 2 aliphatic heterocycles. The molecule has 59 heavy (non-hydrogen) atoms. The van der Waals surface area contributed by atoms with Crippen LogP contribution in [0.25, 0.3) is 6.08 Å². The van der Waals surface area contributed by atoms with E-state index in [0.717, 1.165) is 36.0 Å². The van der Waals surface area contributed by atoms with Crippen molar-refractivity contribution in [2.24, 2.45) is 5.92 Å². The maximum absolute atomic E-state index is 13.8. The summed E-state index contributed by atoms with van der Waals surface area (Å²) in [7, 11) is 0. The number of ether oxygens (including phenoxy) is 5. The molecule has 0 aromatic heterocycles. The van der Waals surface area contributed by atoms with Crippen LogP contribution >= 0.6 is 0 Å². The second-order valence-electron chi connectivity index (χ2n) is 16.7. The highest BCUT2D eigenvalue weighted by atomic mass is 16.8. The number of esters is 2. The van der Waals surface area contributed by atoms with Crippen LogP contribution in [-0.2, 0) is 43.9 Å². The summed E-state index contributed by atoms with van der Waals surface area (Å²) >= 11 is 0. The highest BCUT2D eigenvalue weighted by molar-refractivity contribution is 5.94. The topological polar surface area (TPSA) is 162 Å². The number of epoxide rings is 1. The Morgan fingerprint density at radius 1 is 0.898 bits per heavy atom. The number of hydrogen-bond donors (Lipinski definition) is 3. The van der Waals surface area contributed by atoms with E-state index in [2.05, 4.69) is 22.8 Å². The largest absolute Gasteiger partial charge is 0.460 e. The van der Waals surface area contributed by atoms with Gasteiger partial charge in [-0.3, -0.25) is 14.4 Å². The molecule has 7 rings (SSSR count). The number of carbonyl (C=O) groups is 4.